The molecule has 0 fully saturated rings. The maximum Gasteiger partial charge on any atom is 0.326 e. The molecule has 0 saturated carbocycles. The fraction of sp³-hybridized carbons (Fsp3) is 0.429. The van der Waals surface area contributed by atoms with Gasteiger partial charge in [-0.2, -0.15) is 0 Å². The van der Waals surface area contributed by atoms with Crippen molar-refractivity contribution in [1.82, 2.24) is 5.32 Å². The first-order valence-corrected chi connectivity index (χ1v) is 6.31. The van der Waals surface area contributed by atoms with E-state index in [1.807, 2.05) is 6.92 Å². The van der Waals surface area contributed by atoms with Crippen LogP contribution in [0.1, 0.15) is 36.5 Å². The normalized spacial score (nSPS) is 13.6. The van der Waals surface area contributed by atoms with Crippen molar-refractivity contribution >= 4 is 11.9 Å². The van der Waals surface area contributed by atoms with Crippen LogP contribution in [0.5, 0.6) is 0 Å². The van der Waals surface area contributed by atoms with Crippen LogP contribution < -0.4 is 5.32 Å². The summed E-state index contributed by atoms with van der Waals surface area (Å²) < 4.78 is 0. The van der Waals surface area contributed by atoms with E-state index in [4.69, 9.17) is 5.11 Å². The van der Waals surface area contributed by atoms with Gasteiger partial charge in [0.1, 0.15) is 6.04 Å². The highest BCUT2D eigenvalue weighted by molar-refractivity contribution is 5.96. The number of benzene rings is 1. The molecule has 19 heavy (non-hydrogen) atoms. The molecule has 0 saturated heterocycles. The molecule has 0 aliphatic rings. The molecule has 5 heteroatoms. The van der Waals surface area contributed by atoms with E-state index in [0.29, 0.717) is 18.4 Å². The predicted octanol–water partition coefficient (Wildman–Crippen LogP) is 1.42. The Morgan fingerprint density at radius 3 is 2.37 bits per heavy atom. The second-order valence-electron chi connectivity index (χ2n) is 4.37. The lowest BCUT2D eigenvalue weighted by Gasteiger charge is -2.16. The third-order valence-electron chi connectivity index (χ3n) is 2.90. The van der Waals surface area contributed by atoms with Crippen molar-refractivity contribution in [3.8, 4) is 0 Å². The summed E-state index contributed by atoms with van der Waals surface area (Å²) in [6, 6.07) is 7.47. The standard InChI is InChI=1S/C14H19NO4/c1-2-11(16)8-9-12(14(18)19)15-13(17)10-6-4-3-5-7-10/h3-7,11-12,16H,2,8-9H2,1H3,(H,15,17)(H,18,19)/t11-,12+/m1/s1. The molecule has 2 atom stereocenters. The summed E-state index contributed by atoms with van der Waals surface area (Å²) in [6.07, 6.45) is 0.597. The molecule has 0 heterocycles. The lowest BCUT2D eigenvalue weighted by molar-refractivity contribution is -0.139. The first-order valence-electron chi connectivity index (χ1n) is 6.31. The lowest BCUT2D eigenvalue weighted by Crippen LogP contribution is -2.41. The van der Waals surface area contributed by atoms with Gasteiger partial charge in [-0.1, -0.05) is 25.1 Å². The number of carbonyl (C=O) groups is 2. The average Bonchev–Trinajstić information content (AvgIpc) is 2.43. The number of hydrogen-bond acceptors (Lipinski definition) is 3. The zero-order chi connectivity index (χ0) is 14.3. The minimum absolute atomic E-state index is 0.211. The van der Waals surface area contributed by atoms with Crippen molar-refractivity contribution in [3.63, 3.8) is 0 Å². The number of amides is 1. The van der Waals surface area contributed by atoms with Gasteiger partial charge in [0.25, 0.3) is 5.91 Å². The highest BCUT2D eigenvalue weighted by atomic mass is 16.4. The van der Waals surface area contributed by atoms with E-state index in [0.717, 1.165) is 0 Å². The van der Waals surface area contributed by atoms with Gasteiger partial charge < -0.3 is 15.5 Å². The number of aliphatic hydroxyl groups excluding tert-OH is 1. The Balaban J connectivity index is 2.59. The minimum atomic E-state index is -1.09. The first-order chi connectivity index (χ1) is 9.04. The SMILES string of the molecule is CC[C@@H](O)CC[C@H](NC(=O)c1ccccc1)C(=O)O. The van der Waals surface area contributed by atoms with Gasteiger partial charge in [0.15, 0.2) is 0 Å². The fourth-order valence-corrected chi connectivity index (χ4v) is 1.65. The highest BCUT2D eigenvalue weighted by Gasteiger charge is 2.21. The van der Waals surface area contributed by atoms with Gasteiger partial charge in [-0.15, -0.1) is 0 Å². The molecule has 1 amide bonds. The molecule has 3 N–H and O–H groups in total. The molecule has 1 rings (SSSR count). The number of carboxylic acids is 1. The van der Waals surface area contributed by atoms with Crippen molar-refractivity contribution < 1.29 is 19.8 Å². The molecule has 0 radical (unpaired) electrons. The van der Waals surface area contributed by atoms with Crippen LogP contribution in [0.25, 0.3) is 0 Å². The van der Waals surface area contributed by atoms with Crippen LogP contribution in [0.3, 0.4) is 0 Å². The van der Waals surface area contributed by atoms with E-state index in [1.54, 1.807) is 30.3 Å². The van der Waals surface area contributed by atoms with Crippen LogP contribution in [-0.2, 0) is 4.79 Å². The Bertz CT molecular complexity index is 419. The number of hydrogen-bond donors (Lipinski definition) is 3. The predicted molar refractivity (Wildman–Crippen MR) is 70.9 cm³/mol. The van der Waals surface area contributed by atoms with Gasteiger partial charge in [-0.3, -0.25) is 4.79 Å². The average molecular weight is 265 g/mol. The van der Waals surface area contributed by atoms with E-state index in [-0.39, 0.29) is 6.42 Å². The summed E-state index contributed by atoms with van der Waals surface area (Å²) in [5, 5.41) is 21.0. The first kappa shape index (κ1) is 15.2. The van der Waals surface area contributed by atoms with E-state index in [1.165, 1.54) is 0 Å². The smallest absolute Gasteiger partial charge is 0.326 e. The van der Waals surface area contributed by atoms with E-state index in [9.17, 15) is 14.7 Å². The number of rotatable bonds is 7. The van der Waals surface area contributed by atoms with E-state index in [2.05, 4.69) is 5.32 Å². The molecule has 0 unspecified atom stereocenters. The summed E-state index contributed by atoms with van der Waals surface area (Å²) in [4.78, 5) is 22.9. The topological polar surface area (TPSA) is 86.6 Å². The number of nitrogens with one attached hydrogen (secondary N) is 1. The molecular weight excluding hydrogens is 246 g/mol. The molecule has 0 aromatic heterocycles. The number of aliphatic carboxylic acids is 1. The number of carbonyl (C=O) groups excluding carboxylic acids is 1. The maximum absolute atomic E-state index is 11.8. The summed E-state index contributed by atoms with van der Waals surface area (Å²) in [7, 11) is 0. The summed E-state index contributed by atoms with van der Waals surface area (Å²) >= 11 is 0. The van der Waals surface area contributed by atoms with Crippen LogP contribution in [-0.4, -0.2) is 34.2 Å². The minimum Gasteiger partial charge on any atom is -0.480 e. The van der Waals surface area contributed by atoms with Crippen molar-refractivity contribution in [2.75, 3.05) is 0 Å². The van der Waals surface area contributed by atoms with E-state index < -0.39 is 24.0 Å². The van der Waals surface area contributed by atoms with Crippen LogP contribution in [0.2, 0.25) is 0 Å². The van der Waals surface area contributed by atoms with Crippen molar-refractivity contribution in [1.29, 1.82) is 0 Å². The molecular formula is C14H19NO4. The largest absolute Gasteiger partial charge is 0.480 e. The van der Waals surface area contributed by atoms with Gasteiger partial charge in [-0.25, -0.2) is 4.79 Å². The van der Waals surface area contributed by atoms with Crippen LogP contribution in [0, 0.1) is 0 Å². The second-order valence-corrected chi connectivity index (χ2v) is 4.37. The third-order valence-corrected chi connectivity index (χ3v) is 2.90. The van der Waals surface area contributed by atoms with Gasteiger partial charge in [-0.05, 0) is 31.4 Å². The van der Waals surface area contributed by atoms with Crippen molar-refractivity contribution in [2.45, 2.75) is 38.3 Å². The summed E-state index contributed by atoms with van der Waals surface area (Å²) in [6.45, 7) is 1.82. The zero-order valence-corrected chi connectivity index (χ0v) is 10.9. The molecule has 0 bridgehead atoms. The van der Waals surface area contributed by atoms with Crippen LogP contribution in [0.15, 0.2) is 30.3 Å². The lowest BCUT2D eigenvalue weighted by atomic mass is 10.1. The molecule has 0 aliphatic carbocycles. The summed E-state index contributed by atoms with van der Waals surface area (Å²) in [5.41, 5.74) is 0.421. The second kappa shape index (κ2) is 7.53. The zero-order valence-electron chi connectivity index (χ0n) is 10.9. The quantitative estimate of drug-likeness (QED) is 0.696. The van der Waals surface area contributed by atoms with Gasteiger partial charge in [0, 0.05) is 5.56 Å². The van der Waals surface area contributed by atoms with E-state index >= 15 is 0 Å². The molecule has 5 nitrogen and oxygen atoms in total. The third kappa shape index (κ3) is 5.09. The van der Waals surface area contributed by atoms with Crippen LogP contribution in [0.4, 0.5) is 0 Å². The maximum atomic E-state index is 11.8. The Labute approximate surface area is 112 Å². The Hall–Kier alpha value is -1.88. The Morgan fingerprint density at radius 1 is 1.21 bits per heavy atom. The molecule has 0 aliphatic heterocycles. The van der Waals surface area contributed by atoms with Crippen molar-refractivity contribution in [2.24, 2.45) is 0 Å². The van der Waals surface area contributed by atoms with Crippen LogP contribution >= 0.6 is 0 Å². The van der Waals surface area contributed by atoms with Gasteiger partial charge in [0.05, 0.1) is 6.10 Å². The Morgan fingerprint density at radius 2 is 1.84 bits per heavy atom. The molecule has 1 aromatic carbocycles. The molecule has 0 spiro atoms. The highest BCUT2D eigenvalue weighted by Crippen LogP contribution is 2.06. The summed E-state index contributed by atoms with van der Waals surface area (Å²) in [5.74, 6) is -1.51. The van der Waals surface area contributed by atoms with Gasteiger partial charge >= 0.3 is 5.97 Å². The monoisotopic (exact) mass is 265 g/mol. The number of aliphatic hydroxyl groups is 1. The van der Waals surface area contributed by atoms with Crippen molar-refractivity contribution in [3.05, 3.63) is 35.9 Å². The molecule has 1 aromatic rings. The molecule has 104 valence electrons. The number of carboxylic acid groups (broad SMARTS) is 1. The Kier molecular flexibility index (Phi) is 6.02. The van der Waals surface area contributed by atoms with Gasteiger partial charge in [0.2, 0.25) is 0 Å². The fourth-order valence-electron chi connectivity index (χ4n) is 1.65.